The van der Waals surface area contributed by atoms with Crippen molar-refractivity contribution in [3.05, 3.63) is 58.8 Å². The first-order chi connectivity index (χ1) is 11.6. The summed E-state index contributed by atoms with van der Waals surface area (Å²) >= 11 is 5.85. The van der Waals surface area contributed by atoms with Crippen LogP contribution in [0, 0.1) is 5.82 Å². The summed E-state index contributed by atoms with van der Waals surface area (Å²) in [6.07, 6.45) is 2.06. The minimum absolute atomic E-state index is 0.0479. The lowest BCUT2D eigenvalue weighted by Gasteiger charge is -2.22. The Morgan fingerprint density at radius 2 is 1.75 bits per heavy atom. The molecule has 3 rings (SSSR count). The van der Waals surface area contributed by atoms with Gasteiger partial charge in [0.15, 0.2) is 5.76 Å². The van der Waals surface area contributed by atoms with E-state index in [2.05, 4.69) is 0 Å². The standard InChI is InChI=1S/C17H16ClFN2O3/c18-12-4-5-14(19)13(11-12)16(22)20-6-2-7-21(9-8-20)17(23)15-3-1-10-24-15/h1,3-5,10-11H,2,6-9H2. The van der Waals surface area contributed by atoms with E-state index in [0.29, 0.717) is 37.6 Å². The quantitative estimate of drug-likeness (QED) is 0.836. The van der Waals surface area contributed by atoms with Gasteiger partial charge in [-0.25, -0.2) is 4.39 Å². The second-order valence-electron chi connectivity index (χ2n) is 5.54. The van der Waals surface area contributed by atoms with Crippen LogP contribution in [0.3, 0.4) is 0 Å². The van der Waals surface area contributed by atoms with Gasteiger partial charge in [0.1, 0.15) is 5.82 Å². The van der Waals surface area contributed by atoms with Crippen molar-refractivity contribution in [3.8, 4) is 0 Å². The van der Waals surface area contributed by atoms with Gasteiger partial charge in [-0.05, 0) is 36.8 Å². The van der Waals surface area contributed by atoms with Crippen molar-refractivity contribution in [2.75, 3.05) is 26.2 Å². The van der Waals surface area contributed by atoms with Crippen molar-refractivity contribution in [1.29, 1.82) is 0 Å². The number of carbonyl (C=O) groups excluding carboxylic acids is 2. The van der Waals surface area contributed by atoms with E-state index in [9.17, 15) is 14.0 Å². The molecule has 0 atom stereocenters. The molecule has 1 aliphatic heterocycles. The molecule has 2 amide bonds. The summed E-state index contributed by atoms with van der Waals surface area (Å²) in [5.41, 5.74) is -0.0479. The van der Waals surface area contributed by atoms with E-state index in [1.54, 1.807) is 21.9 Å². The van der Waals surface area contributed by atoms with Crippen molar-refractivity contribution in [2.45, 2.75) is 6.42 Å². The van der Waals surface area contributed by atoms with E-state index in [1.807, 2.05) is 0 Å². The molecule has 1 aliphatic rings. The Kier molecular flexibility index (Phi) is 4.85. The van der Waals surface area contributed by atoms with Crippen LogP contribution in [-0.2, 0) is 0 Å². The van der Waals surface area contributed by atoms with E-state index in [1.165, 1.54) is 24.5 Å². The molecule has 1 saturated heterocycles. The lowest BCUT2D eigenvalue weighted by molar-refractivity contribution is 0.0698. The number of furan rings is 1. The molecule has 0 N–H and O–H groups in total. The third-order valence-corrected chi connectivity index (χ3v) is 4.20. The first kappa shape index (κ1) is 16.5. The zero-order valence-electron chi connectivity index (χ0n) is 12.9. The molecule has 1 aromatic heterocycles. The van der Waals surface area contributed by atoms with Crippen LogP contribution in [0.1, 0.15) is 27.3 Å². The molecule has 2 aromatic rings. The smallest absolute Gasteiger partial charge is 0.289 e. The van der Waals surface area contributed by atoms with Gasteiger partial charge in [0.25, 0.3) is 11.8 Å². The Balaban J connectivity index is 1.70. The summed E-state index contributed by atoms with van der Waals surface area (Å²) in [4.78, 5) is 28.0. The summed E-state index contributed by atoms with van der Waals surface area (Å²) in [7, 11) is 0. The Hall–Kier alpha value is -2.34. The van der Waals surface area contributed by atoms with E-state index in [4.69, 9.17) is 16.0 Å². The van der Waals surface area contributed by atoms with Gasteiger partial charge in [0.2, 0.25) is 0 Å². The Morgan fingerprint density at radius 1 is 1.04 bits per heavy atom. The van der Waals surface area contributed by atoms with E-state index >= 15 is 0 Å². The van der Waals surface area contributed by atoms with Crippen molar-refractivity contribution >= 4 is 23.4 Å². The van der Waals surface area contributed by atoms with Gasteiger partial charge in [0.05, 0.1) is 11.8 Å². The number of halogens is 2. The Morgan fingerprint density at radius 3 is 2.42 bits per heavy atom. The maximum absolute atomic E-state index is 13.9. The normalized spacial score (nSPS) is 15.2. The predicted octanol–water partition coefficient (Wildman–Crippen LogP) is 3.06. The molecule has 0 spiro atoms. The topological polar surface area (TPSA) is 53.8 Å². The molecule has 0 unspecified atom stereocenters. The molecule has 0 aliphatic carbocycles. The molecule has 1 aromatic carbocycles. The monoisotopic (exact) mass is 350 g/mol. The Labute approximate surface area is 143 Å². The first-order valence-electron chi connectivity index (χ1n) is 7.63. The summed E-state index contributed by atoms with van der Waals surface area (Å²) in [5, 5.41) is 0.309. The van der Waals surface area contributed by atoms with Gasteiger partial charge in [-0.15, -0.1) is 0 Å². The average Bonchev–Trinajstić information content (AvgIpc) is 3.00. The van der Waals surface area contributed by atoms with Gasteiger partial charge in [-0.2, -0.15) is 0 Å². The van der Waals surface area contributed by atoms with Gasteiger partial charge in [-0.1, -0.05) is 11.6 Å². The van der Waals surface area contributed by atoms with E-state index < -0.39 is 11.7 Å². The summed E-state index contributed by atoms with van der Waals surface area (Å²) in [5.74, 6) is -0.946. The number of benzene rings is 1. The van der Waals surface area contributed by atoms with Crippen LogP contribution in [0.4, 0.5) is 4.39 Å². The zero-order chi connectivity index (χ0) is 17.1. The van der Waals surface area contributed by atoms with Crippen LogP contribution in [0.5, 0.6) is 0 Å². The number of amides is 2. The van der Waals surface area contributed by atoms with Crippen LogP contribution in [0.2, 0.25) is 5.02 Å². The molecule has 0 bridgehead atoms. The molecule has 7 heteroatoms. The average molecular weight is 351 g/mol. The third-order valence-electron chi connectivity index (χ3n) is 3.96. The van der Waals surface area contributed by atoms with Crippen molar-refractivity contribution in [3.63, 3.8) is 0 Å². The molecule has 0 saturated carbocycles. The SMILES string of the molecule is O=C(c1ccco1)N1CCCN(C(=O)c2cc(Cl)ccc2F)CC1. The van der Waals surface area contributed by atoms with E-state index in [-0.39, 0.29) is 17.2 Å². The van der Waals surface area contributed by atoms with Crippen molar-refractivity contribution in [1.82, 2.24) is 9.80 Å². The highest BCUT2D eigenvalue weighted by molar-refractivity contribution is 6.31. The molecular formula is C17H16ClFN2O3. The largest absolute Gasteiger partial charge is 0.459 e. The fraction of sp³-hybridized carbons (Fsp3) is 0.294. The maximum Gasteiger partial charge on any atom is 0.289 e. The van der Waals surface area contributed by atoms with E-state index in [0.717, 1.165) is 0 Å². The predicted molar refractivity (Wildman–Crippen MR) is 86.5 cm³/mol. The van der Waals surface area contributed by atoms with Gasteiger partial charge in [0, 0.05) is 31.2 Å². The van der Waals surface area contributed by atoms with Gasteiger partial charge >= 0.3 is 0 Å². The highest BCUT2D eigenvalue weighted by Gasteiger charge is 2.26. The number of hydrogen-bond donors (Lipinski definition) is 0. The highest BCUT2D eigenvalue weighted by Crippen LogP contribution is 2.18. The minimum atomic E-state index is -0.600. The molecule has 24 heavy (non-hydrogen) atoms. The van der Waals surface area contributed by atoms with Crippen LogP contribution in [0.25, 0.3) is 0 Å². The molecule has 1 fully saturated rings. The van der Waals surface area contributed by atoms with Gasteiger partial charge < -0.3 is 14.2 Å². The summed E-state index contributed by atoms with van der Waals surface area (Å²) in [6, 6.07) is 7.18. The van der Waals surface area contributed by atoms with Crippen LogP contribution in [-0.4, -0.2) is 47.8 Å². The second kappa shape index (κ2) is 7.05. The third kappa shape index (κ3) is 3.43. The lowest BCUT2D eigenvalue weighted by Crippen LogP contribution is -2.37. The number of carbonyl (C=O) groups is 2. The number of rotatable bonds is 2. The van der Waals surface area contributed by atoms with Gasteiger partial charge in [-0.3, -0.25) is 9.59 Å². The maximum atomic E-state index is 13.9. The second-order valence-corrected chi connectivity index (χ2v) is 5.98. The Bertz CT molecular complexity index is 748. The fourth-order valence-electron chi connectivity index (χ4n) is 2.71. The summed E-state index contributed by atoms with van der Waals surface area (Å²) in [6.45, 7) is 1.67. The first-order valence-corrected chi connectivity index (χ1v) is 8.01. The van der Waals surface area contributed by atoms with Crippen LogP contribution < -0.4 is 0 Å². The van der Waals surface area contributed by atoms with Crippen molar-refractivity contribution in [2.24, 2.45) is 0 Å². The molecule has 2 heterocycles. The molecule has 126 valence electrons. The molecule has 5 nitrogen and oxygen atoms in total. The van der Waals surface area contributed by atoms with Crippen LogP contribution >= 0.6 is 11.6 Å². The highest BCUT2D eigenvalue weighted by atomic mass is 35.5. The number of hydrogen-bond acceptors (Lipinski definition) is 3. The number of nitrogens with zero attached hydrogens (tertiary/aromatic N) is 2. The zero-order valence-corrected chi connectivity index (χ0v) is 13.6. The lowest BCUT2D eigenvalue weighted by atomic mass is 10.2. The minimum Gasteiger partial charge on any atom is -0.459 e. The van der Waals surface area contributed by atoms with Crippen molar-refractivity contribution < 1.29 is 18.4 Å². The van der Waals surface area contributed by atoms with Crippen LogP contribution in [0.15, 0.2) is 41.0 Å². The molecule has 0 radical (unpaired) electrons. The molecular weight excluding hydrogens is 335 g/mol. The fourth-order valence-corrected chi connectivity index (χ4v) is 2.88. The summed E-state index contributed by atoms with van der Waals surface area (Å²) < 4.78 is 19.0.